The molecule has 4 heteroatoms. The van der Waals surface area contributed by atoms with Crippen molar-refractivity contribution in [2.75, 3.05) is 6.61 Å². The summed E-state index contributed by atoms with van der Waals surface area (Å²) in [4.78, 5) is 3.54. The zero-order chi connectivity index (χ0) is 14.6. The number of hydrogen-bond acceptors (Lipinski definition) is 4. The first-order valence-corrected chi connectivity index (χ1v) is 7.04. The van der Waals surface area contributed by atoms with Crippen LogP contribution in [-0.2, 0) is 4.74 Å². The van der Waals surface area contributed by atoms with Gasteiger partial charge in [0.2, 0.25) is 0 Å². The van der Waals surface area contributed by atoms with Crippen LogP contribution < -0.4 is 11.1 Å². The van der Waals surface area contributed by atoms with E-state index in [0.717, 1.165) is 5.70 Å². The van der Waals surface area contributed by atoms with E-state index in [2.05, 4.69) is 23.6 Å². The van der Waals surface area contributed by atoms with Gasteiger partial charge in [0.15, 0.2) is 0 Å². The largest absolute Gasteiger partial charge is 0.496 e. The fraction of sp³-hybridized carbons (Fsp3) is 0.438. The van der Waals surface area contributed by atoms with Crippen LogP contribution in [-0.4, -0.2) is 19.4 Å². The fourth-order valence-corrected chi connectivity index (χ4v) is 2.13. The number of aliphatic imine (C=N–C) groups is 1. The summed E-state index contributed by atoms with van der Waals surface area (Å²) >= 11 is 0. The van der Waals surface area contributed by atoms with E-state index < -0.39 is 0 Å². The molecule has 0 atom stereocenters. The first kappa shape index (κ1) is 16.1. The van der Waals surface area contributed by atoms with Crippen LogP contribution in [0, 0.1) is 0 Å². The Labute approximate surface area is 121 Å². The molecule has 110 valence electrons. The molecule has 1 fully saturated rings. The van der Waals surface area contributed by atoms with Crippen molar-refractivity contribution in [3.05, 3.63) is 48.7 Å². The highest BCUT2D eigenvalue weighted by Crippen LogP contribution is 2.19. The molecule has 3 N–H and O–H groups in total. The highest BCUT2D eigenvalue weighted by Gasteiger charge is 2.13. The summed E-state index contributed by atoms with van der Waals surface area (Å²) < 4.78 is 5.16. The van der Waals surface area contributed by atoms with Crippen LogP contribution in [0.3, 0.4) is 0 Å². The zero-order valence-corrected chi connectivity index (χ0v) is 12.1. The molecule has 0 amide bonds. The Bertz CT molecular complexity index is 391. The number of nitrogens with zero attached hydrogens (tertiary/aromatic N) is 1. The number of nitrogens with one attached hydrogen (secondary N) is 1. The second-order valence-electron chi connectivity index (χ2n) is 4.81. The molecule has 0 aliphatic heterocycles. The molecule has 0 spiro atoms. The van der Waals surface area contributed by atoms with Crippen LogP contribution in [0.2, 0.25) is 0 Å². The first-order chi connectivity index (χ1) is 9.74. The van der Waals surface area contributed by atoms with E-state index in [-0.39, 0.29) is 0 Å². The Morgan fingerprint density at radius 1 is 1.35 bits per heavy atom. The topological polar surface area (TPSA) is 59.6 Å². The highest BCUT2D eigenvalue weighted by molar-refractivity contribution is 5.28. The van der Waals surface area contributed by atoms with Gasteiger partial charge in [-0.3, -0.25) is 4.99 Å². The third kappa shape index (κ3) is 6.83. The van der Waals surface area contributed by atoms with Crippen molar-refractivity contribution in [3.8, 4) is 0 Å². The fourth-order valence-electron chi connectivity index (χ4n) is 2.13. The van der Waals surface area contributed by atoms with Gasteiger partial charge in [-0.1, -0.05) is 31.9 Å². The molecule has 20 heavy (non-hydrogen) atoms. The summed E-state index contributed by atoms with van der Waals surface area (Å²) in [5.41, 5.74) is 7.28. The molecule has 1 aliphatic carbocycles. The van der Waals surface area contributed by atoms with Crippen LogP contribution in [0.15, 0.2) is 53.7 Å². The number of nitrogens with two attached hydrogens (primary N) is 1. The Morgan fingerprint density at radius 2 is 2.10 bits per heavy atom. The normalized spacial score (nSPS) is 17.5. The van der Waals surface area contributed by atoms with E-state index in [0.29, 0.717) is 18.3 Å². The summed E-state index contributed by atoms with van der Waals surface area (Å²) in [6.45, 7) is 7.61. The second-order valence-corrected chi connectivity index (χ2v) is 4.81. The lowest BCUT2D eigenvalue weighted by atomic mass is 9.95. The predicted octanol–water partition coefficient (Wildman–Crippen LogP) is 3.01. The summed E-state index contributed by atoms with van der Waals surface area (Å²) in [5, 5.41) is 3.47. The van der Waals surface area contributed by atoms with Gasteiger partial charge in [0.05, 0.1) is 11.9 Å². The Morgan fingerprint density at radius 3 is 2.75 bits per heavy atom. The minimum absolute atomic E-state index is 0.482. The average Bonchev–Trinajstić information content (AvgIpc) is 2.46. The zero-order valence-electron chi connectivity index (χ0n) is 12.1. The Kier molecular flexibility index (Phi) is 7.96. The minimum Gasteiger partial charge on any atom is -0.496 e. The standard InChI is InChI=1S/C16H25N3O/c1-14(17)16(19-15-8-4-3-5-9-15)10-6-7-12-20-13-11-18-2/h6-7,10-11,13,15,19H,1-5,8-9,12,17H2/b7-6+,13-11-,16-10+. The van der Waals surface area contributed by atoms with Gasteiger partial charge in [0.1, 0.15) is 12.9 Å². The maximum Gasteiger partial charge on any atom is 0.106 e. The smallest absolute Gasteiger partial charge is 0.106 e. The van der Waals surface area contributed by atoms with Crippen molar-refractivity contribution in [1.29, 1.82) is 0 Å². The van der Waals surface area contributed by atoms with Crippen molar-refractivity contribution in [2.45, 2.75) is 38.1 Å². The first-order valence-electron chi connectivity index (χ1n) is 7.04. The molecule has 0 heterocycles. The molecular weight excluding hydrogens is 250 g/mol. The third-order valence-corrected chi connectivity index (χ3v) is 3.16. The van der Waals surface area contributed by atoms with Gasteiger partial charge in [-0.25, -0.2) is 0 Å². The van der Waals surface area contributed by atoms with E-state index in [1.165, 1.54) is 44.6 Å². The summed E-state index contributed by atoms with van der Waals surface area (Å²) in [6, 6.07) is 0.515. The second kappa shape index (κ2) is 9.89. The van der Waals surface area contributed by atoms with E-state index in [1.807, 2.05) is 18.2 Å². The Balaban J connectivity index is 2.41. The van der Waals surface area contributed by atoms with Crippen molar-refractivity contribution < 1.29 is 4.74 Å². The van der Waals surface area contributed by atoms with Crippen molar-refractivity contribution in [3.63, 3.8) is 0 Å². The SMILES string of the molecule is C=N/C=C\OC/C=C/C=C(/NC1CCCCC1)C(=C)N. The molecule has 1 rings (SSSR count). The monoisotopic (exact) mass is 275 g/mol. The summed E-state index contributed by atoms with van der Waals surface area (Å²) in [5.74, 6) is 0. The predicted molar refractivity (Wildman–Crippen MR) is 85.2 cm³/mol. The van der Waals surface area contributed by atoms with Crippen molar-refractivity contribution in [1.82, 2.24) is 5.32 Å². The molecule has 0 unspecified atom stereocenters. The van der Waals surface area contributed by atoms with Crippen LogP contribution in [0.1, 0.15) is 32.1 Å². The summed E-state index contributed by atoms with van der Waals surface area (Å²) in [6.07, 6.45) is 15.1. The molecule has 0 aromatic heterocycles. The lowest BCUT2D eigenvalue weighted by molar-refractivity contribution is 0.289. The average molecular weight is 275 g/mol. The lowest BCUT2D eigenvalue weighted by Gasteiger charge is -2.25. The highest BCUT2D eigenvalue weighted by atomic mass is 16.5. The molecule has 1 saturated carbocycles. The molecular formula is C16H25N3O. The number of allylic oxidation sites excluding steroid dienone is 2. The molecule has 0 saturated heterocycles. The van der Waals surface area contributed by atoms with Crippen LogP contribution >= 0.6 is 0 Å². The van der Waals surface area contributed by atoms with Gasteiger partial charge < -0.3 is 15.8 Å². The van der Waals surface area contributed by atoms with Crippen LogP contribution in [0.5, 0.6) is 0 Å². The van der Waals surface area contributed by atoms with Gasteiger partial charge in [-0.15, -0.1) is 0 Å². The molecule has 0 aromatic carbocycles. The quantitative estimate of drug-likeness (QED) is 0.310. The van der Waals surface area contributed by atoms with Crippen molar-refractivity contribution >= 4 is 6.72 Å². The Hall–Kier alpha value is -1.97. The number of ether oxygens (including phenoxy) is 1. The lowest BCUT2D eigenvalue weighted by Crippen LogP contribution is -2.32. The third-order valence-electron chi connectivity index (χ3n) is 3.16. The van der Waals surface area contributed by atoms with Gasteiger partial charge in [-0.2, -0.15) is 0 Å². The van der Waals surface area contributed by atoms with Gasteiger partial charge >= 0.3 is 0 Å². The minimum atomic E-state index is 0.482. The van der Waals surface area contributed by atoms with E-state index in [4.69, 9.17) is 10.5 Å². The maximum atomic E-state index is 5.81. The molecule has 0 radical (unpaired) electrons. The van der Waals surface area contributed by atoms with E-state index in [1.54, 1.807) is 0 Å². The molecule has 4 nitrogen and oxygen atoms in total. The van der Waals surface area contributed by atoms with Crippen LogP contribution in [0.25, 0.3) is 0 Å². The number of hydrogen-bond donors (Lipinski definition) is 2. The van der Waals surface area contributed by atoms with Gasteiger partial charge in [-0.05, 0) is 31.7 Å². The molecule has 0 bridgehead atoms. The molecule has 1 aliphatic rings. The summed E-state index contributed by atoms with van der Waals surface area (Å²) in [7, 11) is 0. The van der Waals surface area contributed by atoms with Crippen molar-refractivity contribution in [2.24, 2.45) is 10.7 Å². The number of rotatable bonds is 8. The maximum absolute atomic E-state index is 5.81. The molecule has 0 aromatic rings. The van der Waals surface area contributed by atoms with E-state index >= 15 is 0 Å². The van der Waals surface area contributed by atoms with Gasteiger partial charge in [0.25, 0.3) is 0 Å². The van der Waals surface area contributed by atoms with Gasteiger partial charge in [0, 0.05) is 11.7 Å². The van der Waals surface area contributed by atoms with Crippen LogP contribution in [0.4, 0.5) is 0 Å². The van der Waals surface area contributed by atoms with E-state index in [9.17, 15) is 0 Å².